The molecule has 0 saturated carbocycles. The Labute approximate surface area is 145 Å². The second-order valence-electron chi connectivity index (χ2n) is 6.43. The fourth-order valence-electron chi connectivity index (χ4n) is 4.30. The molecule has 0 saturated heterocycles. The van der Waals surface area contributed by atoms with Crippen molar-refractivity contribution >= 4 is 69.8 Å². The molecule has 0 nitrogen and oxygen atoms in total. The molecule has 0 aliphatic carbocycles. The first-order valence-electron chi connectivity index (χ1n) is 7.93. The molecule has 0 aliphatic heterocycles. The van der Waals surface area contributed by atoms with Gasteiger partial charge in [-0.15, -0.1) is 0 Å². The van der Waals surface area contributed by atoms with Crippen molar-refractivity contribution in [2.24, 2.45) is 0 Å². The lowest BCUT2D eigenvalue weighted by atomic mass is 9.86. The maximum absolute atomic E-state index is 14.9. The Hall–Kier alpha value is -2.45. The van der Waals surface area contributed by atoms with E-state index in [0.717, 1.165) is 36.8 Å². The van der Waals surface area contributed by atoms with Gasteiger partial charge in [0.15, 0.2) is 0 Å². The van der Waals surface area contributed by atoms with Gasteiger partial charge in [0.1, 0.15) is 5.82 Å². The number of hydrogen-bond donors (Lipinski definition) is 0. The molecule has 0 atom stereocenters. The number of rotatable bonds is 0. The third-order valence-corrected chi connectivity index (χ3v) is 5.98. The topological polar surface area (TPSA) is 0 Å². The highest BCUT2D eigenvalue weighted by atomic mass is 79.9. The molecule has 0 spiro atoms. The average Bonchev–Trinajstić information content (AvgIpc) is 2.62. The predicted molar refractivity (Wildman–Crippen MR) is 104 cm³/mol. The first-order chi connectivity index (χ1) is 11.7. The fourth-order valence-corrected chi connectivity index (χ4v) is 4.77. The van der Waals surface area contributed by atoms with E-state index < -0.39 is 0 Å². The maximum atomic E-state index is 14.9. The fraction of sp³-hybridized carbons (Fsp3) is 0. The minimum absolute atomic E-state index is 0.148. The molecule has 6 aromatic rings. The average molecular weight is 373 g/mol. The molecular weight excluding hydrogens is 363 g/mol. The first kappa shape index (κ1) is 12.9. The maximum Gasteiger partial charge on any atom is 0.131 e. The highest BCUT2D eigenvalue weighted by molar-refractivity contribution is 9.10. The van der Waals surface area contributed by atoms with Gasteiger partial charge in [0.05, 0.1) is 0 Å². The van der Waals surface area contributed by atoms with E-state index in [0.29, 0.717) is 0 Å². The molecular formula is C22H10BrF. The van der Waals surface area contributed by atoms with Crippen molar-refractivity contribution in [1.29, 1.82) is 0 Å². The molecule has 0 unspecified atom stereocenters. The monoisotopic (exact) mass is 372 g/mol. The van der Waals surface area contributed by atoms with Gasteiger partial charge in [-0.1, -0.05) is 64.5 Å². The lowest BCUT2D eigenvalue weighted by molar-refractivity contribution is 0.641. The van der Waals surface area contributed by atoms with Crippen LogP contribution in [0.1, 0.15) is 0 Å². The third-order valence-electron chi connectivity index (χ3n) is 5.29. The van der Waals surface area contributed by atoms with Gasteiger partial charge >= 0.3 is 0 Å². The Morgan fingerprint density at radius 1 is 0.500 bits per heavy atom. The minimum Gasteiger partial charge on any atom is -0.206 e. The molecule has 0 N–H and O–H groups in total. The molecule has 0 aromatic heterocycles. The molecule has 0 bridgehead atoms. The van der Waals surface area contributed by atoms with Gasteiger partial charge in [-0.25, -0.2) is 4.39 Å². The Morgan fingerprint density at radius 3 is 1.71 bits per heavy atom. The zero-order chi connectivity index (χ0) is 16.0. The van der Waals surface area contributed by atoms with Crippen molar-refractivity contribution in [2.45, 2.75) is 0 Å². The van der Waals surface area contributed by atoms with Crippen LogP contribution < -0.4 is 0 Å². The van der Waals surface area contributed by atoms with Gasteiger partial charge in [-0.05, 0) is 55.2 Å². The van der Waals surface area contributed by atoms with Crippen molar-refractivity contribution in [3.05, 3.63) is 71.0 Å². The van der Waals surface area contributed by atoms with E-state index in [2.05, 4.69) is 52.3 Å². The van der Waals surface area contributed by atoms with Crippen LogP contribution in [0.2, 0.25) is 0 Å². The predicted octanol–water partition coefficient (Wildman–Crippen LogP) is 7.23. The summed E-state index contributed by atoms with van der Waals surface area (Å²) in [5, 5.41) is 10.9. The number of halogens is 2. The zero-order valence-electron chi connectivity index (χ0n) is 12.5. The van der Waals surface area contributed by atoms with Gasteiger partial charge in [-0.3, -0.25) is 0 Å². The van der Waals surface area contributed by atoms with E-state index in [1.165, 1.54) is 21.5 Å². The van der Waals surface area contributed by atoms with Crippen LogP contribution in [0, 0.1) is 5.82 Å². The Kier molecular flexibility index (Phi) is 2.23. The summed E-state index contributed by atoms with van der Waals surface area (Å²) in [7, 11) is 0. The van der Waals surface area contributed by atoms with Crippen molar-refractivity contribution in [3.8, 4) is 0 Å². The summed E-state index contributed by atoms with van der Waals surface area (Å²) >= 11 is 3.66. The molecule has 6 aromatic carbocycles. The highest BCUT2D eigenvalue weighted by Crippen LogP contribution is 2.46. The van der Waals surface area contributed by atoms with Crippen molar-refractivity contribution < 1.29 is 4.39 Å². The van der Waals surface area contributed by atoms with Crippen LogP contribution in [-0.2, 0) is 0 Å². The number of hydrogen-bond acceptors (Lipinski definition) is 0. The summed E-state index contributed by atoms with van der Waals surface area (Å²) in [6, 6.07) is 20.4. The zero-order valence-corrected chi connectivity index (χ0v) is 14.1. The van der Waals surface area contributed by atoms with Crippen molar-refractivity contribution in [1.82, 2.24) is 0 Å². The van der Waals surface area contributed by atoms with Crippen molar-refractivity contribution in [2.75, 3.05) is 0 Å². The van der Waals surface area contributed by atoms with E-state index in [4.69, 9.17) is 0 Å². The van der Waals surface area contributed by atoms with Gasteiger partial charge in [0.25, 0.3) is 0 Å². The minimum atomic E-state index is -0.148. The second kappa shape index (κ2) is 4.14. The normalized spacial score (nSPS) is 12.6. The lowest BCUT2D eigenvalue weighted by Crippen LogP contribution is -1.92. The summed E-state index contributed by atoms with van der Waals surface area (Å²) in [6.07, 6.45) is 0. The summed E-state index contributed by atoms with van der Waals surface area (Å²) in [4.78, 5) is 0. The number of benzene rings is 6. The Morgan fingerprint density at radius 2 is 1.00 bits per heavy atom. The molecule has 0 heterocycles. The molecule has 0 fully saturated rings. The summed E-state index contributed by atoms with van der Waals surface area (Å²) in [5.41, 5.74) is 0. The molecule has 112 valence electrons. The Bertz CT molecular complexity index is 1390. The SMILES string of the molecule is Fc1ccc2ccc3ccc4ccc5c(Br)ccc6c1c2c3c4c56. The van der Waals surface area contributed by atoms with E-state index in [1.807, 2.05) is 18.2 Å². The summed E-state index contributed by atoms with van der Waals surface area (Å²) in [6.45, 7) is 0. The summed E-state index contributed by atoms with van der Waals surface area (Å²) < 4.78 is 15.9. The van der Waals surface area contributed by atoms with E-state index in [-0.39, 0.29) is 5.82 Å². The standard InChI is InChI=1S/C22H10BrF/c23-16-9-8-15-21-14(16)7-5-12-3-1-11-2-4-13-6-10-17(24)22(15)20(13)18(11)19(12)21/h1-10H. The van der Waals surface area contributed by atoms with Crippen LogP contribution in [0.3, 0.4) is 0 Å². The van der Waals surface area contributed by atoms with Crippen LogP contribution in [0.4, 0.5) is 4.39 Å². The summed E-state index contributed by atoms with van der Waals surface area (Å²) in [5.74, 6) is -0.148. The van der Waals surface area contributed by atoms with Crippen molar-refractivity contribution in [3.63, 3.8) is 0 Å². The van der Waals surface area contributed by atoms with E-state index in [9.17, 15) is 4.39 Å². The van der Waals surface area contributed by atoms with Gasteiger partial charge in [0.2, 0.25) is 0 Å². The van der Waals surface area contributed by atoms with E-state index in [1.54, 1.807) is 6.07 Å². The molecule has 2 heteroatoms. The van der Waals surface area contributed by atoms with E-state index >= 15 is 0 Å². The van der Waals surface area contributed by atoms with Crippen LogP contribution >= 0.6 is 15.9 Å². The lowest BCUT2D eigenvalue weighted by Gasteiger charge is -2.18. The van der Waals surface area contributed by atoms with Crippen LogP contribution in [0.15, 0.2) is 65.1 Å². The van der Waals surface area contributed by atoms with Crippen LogP contribution in [-0.4, -0.2) is 0 Å². The van der Waals surface area contributed by atoms with Gasteiger partial charge < -0.3 is 0 Å². The molecule has 6 rings (SSSR count). The molecule has 0 amide bonds. The first-order valence-corrected chi connectivity index (χ1v) is 8.72. The number of fused-ring (bicyclic) bond motifs is 1. The smallest absolute Gasteiger partial charge is 0.131 e. The quantitative estimate of drug-likeness (QED) is 0.195. The largest absolute Gasteiger partial charge is 0.206 e. The third kappa shape index (κ3) is 1.35. The van der Waals surface area contributed by atoms with Gasteiger partial charge in [-0.2, -0.15) is 0 Å². The van der Waals surface area contributed by atoms with Crippen LogP contribution in [0.25, 0.3) is 53.9 Å². The van der Waals surface area contributed by atoms with Gasteiger partial charge in [0, 0.05) is 15.2 Å². The molecule has 0 aliphatic rings. The molecule has 24 heavy (non-hydrogen) atoms. The second-order valence-corrected chi connectivity index (χ2v) is 7.29. The highest BCUT2D eigenvalue weighted by Gasteiger charge is 2.19. The Balaban J connectivity index is 2.19. The van der Waals surface area contributed by atoms with Crippen LogP contribution in [0.5, 0.6) is 0 Å². The molecule has 0 radical (unpaired) electrons.